The Hall–Kier alpha value is -2.69. The van der Waals surface area contributed by atoms with Crippen molar-refractivity contribution >= 4 is 5.82 Å². The summed E-state index contributed by atoms with van der Waals surface area (Å²) in [5.74, 6) is 1.50. The van der Waals surface area contributed by atoms with Crippen molar-refractivity contribution in [2.24, 2.45) is 7.05 Å². The first-order valence-corrected chi connectivity index (χ1v) is 6.94. The van der Waals surface area contributed by atoms with Crippen LogP contribution < -0.4 is 5.32 Å². The molecule has 5 heteroatoms. The van der Waals surface area contributed by atoms with Gasteiger partial charge in [-0.05, 0) is 13.0 Å². The van der Waals surface area contributed by atoms with E-state index in [9.17, 15) is 0 Å². The summed E-state index contributed by atoms with van der Waals surface area (Å²) in [6.07, 6.45) is 1.75. The lowest BCUT2D eigenvalue weighted by Crippen LogP contribution is -2.04. The van der Waals surface area contributed by atoms with Crippen molar-refractivity contribution in [3.05, 3.63) is 48.7 Å². The van der Waals surface area contributed by atoms with Gasteiger partial charge in [0, 0.05) is 31.4 Å². The van der Waals surface area contributed by atoms with Crippen LogP contribution in [0.15, 0.2) is 48.7 Å². The standard InChI is InChI=1S/C16H17N5/c1-3-17-15-11-13(12-7-5-4-6-8-12)19-16(20-15)14-9-10-18-21(14)2/h4-11H,3H2,1-2H3,(H,17,19,20). The van der Waals surface area contributed by atoms with Crippen LogP contribution in [-0.4, -0.2) is 26.3 Å². The van der Waals surface area contributed by atoms with Gasteiger partial charge in [-0.2, -0.15) is 5.10 Å². The molecule has 0 aliphatic heterocycles. The second-order valence-electron chi connectivity index (χ2n) is 4.70. The summed E-state index contributed by atoms with van der Waals surface area (Å²) in [5.41, 5.74) is 2.87. The lowest BCUT2D eigenvalue weighted by atomic mass is 10.1. The van der Waals surface area contributed by atoms with Gasteiger partial charge < -0.3 is 5.32 Å². The van der Waals surface area contributed by atoms with Gasteiger partial charge in [-0.1, -0.05) is 30.3 Å². The quantitative estimate of drug-likeness (QED) is 0.797. The molecule has 1 aromatic carbocycles. The van der Waals surface area contributed by atoms with Crippen LogP contribution in [0.5, 0.6) is 0 Å². The van der Waals surface area contributed by atoms with E-state index in [2.05, 4.69) is 20.4 Å². The predicted octanol–water partition coefficient (Wildman–Crippen LogP) is 2.98. The maximum absolute atomic E-state index is 4.68. The smallest absolute Gasteiger partial charge is 0.180 e. The normalized spacial score (nSPS) is 10.6. The minimum Gasteiger partial charge on any atom is -0.370 e. The van der Waals surface area contributed by atoms with Crippen LogP contribution in [0.2, 0.25) is 0 Å². The molecule has 0 unspecified atom stereocenters. The summed E-state index contributed by atoms with van der Waals surface area (Å²) >= 11 is 0. The number of nitrogens with one attached hydrogen (secondary N) is 1. The molecule has 0 amide bonds. The molecule has 0 saturated carbocycles. The van der Waals surface area contributed by atoms with Crippen LogP contribution in [0.3, 0.4) is 0 Å². The lowest BCUT2D eigenvalue weighted by molar-refractivity contribution is 0.770. The molecule has 2 aromatic heterocycles. The Labute approximate surface area is 123 Å². The van der Waals surface area contributed by atoms with E-state index in [0.717, 1.165) is 29.3 Å². The fraction of sp³-hybridized carbons (Fsp3) is 0.188. The number of nitrogens with zero attached hydrogens (tertiary/aromatic N) is 4. The first kappa shape index (κ1) is 13.3. The molecule has 0 aliphatic rings. The van der Waals surface area contributed by atoms with Gasteiger partial charge in [0.15, 0.2) is 5.82 Å². The van der Waals surface area contributed by atoms with Crippen LogP contribution in [-0.2, 0) is 7.05 Å². The van der Waals surface area contributed by atoms with Gasteiger partial charge in [0.1, 0.15) is 11.5 Å². The zero-order valence-corrected chi connectivity index (χ0v) is 12.1. The third-order valence-electron chi connectivity index (χ3n) is 3.20. The Morgan fingerprint density at radius 2 is 1.90 bits per heavy atom. The van der Waals surface area contributed by atoms with Crippen LogP contribution >= 0.6 is 0 Å². The maximum Gasteiger partial charge on any atom is 0.180 e. The summed E-state index contributed by atoms with van der Waals surface area (Å²) in [6, 6.07) is 14.0. The summed E-state index contributed by atoms with van der Waals surface area (Å²) in [6.45, 7) is 2.87. The van der Waals surface area contributed by atoms with Gasteiger partial charge in [0.2, 0.25) is 0 Å². The summed E-state index contributed by atoms with van der Waals surface area (Å²) in [7, 11) is 1.89. The molecule has 5 nitrogen and oxygen atoms in total. The van der Waals surface area contributed by atoms with Gasteiger partial charge in [-0.25, -0.2) is 9.97 Å². The van der Waals surface area contributed by atoms with E-state index in [4.69, 9.17) is 0 Å². The van der Waals surface area contributed by atoms with Gasteiger partial charge in [-0.3, -0.25) is 4.68 Å². The minimum atomic E-state index is 0.673. The molecule has 0 aliphatic carbocycles. The number of hydrogen-bond acceptors (Lipinski definition) is 4. The van der Waals surface area contributed by atoms with Crippen molar-refractivity contribution in [2.45, 2.75) is 6.92 Å². The van der Waals surface area contributed by atoms with E-state index in [0.29, 0.717) is 5.82 Å². The van der Waals surface area contributed by atoms with Gasteiger partial charge in [-0.15, -0.1) is 0 Å². The maximum atomic E-state index is 4.68. The molecule has 3 aromatic rings. The van der Waals surface area contributed by atoms with Crippen molar-refractivity contribution in [1.82, 2.24) is 19.7 Å². The molecule has 0 bridgehead atoms. The number of aryl methyl sites for hydroxylation is 1. The highest BCUT2D eigenvalue weighted by Gasteiger charge is 2.10. The van der Waals surface area contributed by atoms with Crippen LogP contribution in [0, 0.1) is 0 Å². The Balaban J connectivity index is 2.13. The summed E-state index contributed by atoms with van der Waals surface area (Å²) in [5, 5.41) is 7.45. The van der Waals surface area contributed by atoms with E-state index in [1.54, 1.807) is 10.9 Å². The van der Waals surface area contributed by atoms with Crippen molar-refractivity contribution in [1.29, 1.82) is 0 Å². The Kier molecular flexibility index (Phi) is 3.64. The van der Waals surface area contributed by atoms with E-state index in [1.165, 1.54) is 0 Å². The van der Waals surface area contributed by atoms with Crippen molar-refractivity contribution in [3.8, 4) is 22.8 Å². The fourth-order valence-corrected chi connectivity index (χ4v) is 2.18. The monoisotopic (exact) mass is 279 g/mol. The highest BCUT2D eigenvalue weighted by atomic mass is 15.3. The highest BCUT2D eigenvalue weighted by Crippen LogP contribution is 2.23. The molecule has 1 N–H and O–H groups in total. The van der Waals surface area contributed by atoms with Gasteiger partial charge in [0.05, 0.1) is 5.69 Å². The van der Waals surface area contributed by atoms with Crippen LogP contribution in [0.1, 0.15) is 6.92 Å². The average Bonchev–Trinajstić information content (AvgIpc) is 2.94. The summed E-state index contributed by atoms with van der Waals surface area (Å²) in [4.78, 5) is 9.25. The number of hydrogen-bond donors (Lipinski definition) is 1. The van der Waals surface area contributed by atoms with Crippen molar-refractivity contribution < 1.29 is 0 Å². The predicted molar refractivity (Wildman–Crippen MR) is 83.8 cm³/mol. The molecule has 0 atom stereocenters. The van der Waals surface area contributed by atoms with E-state index < -0.39 is 0 Å². The zero-order chi connectivity index (χ0) is 14.7. The van der Waals surface area contributed by atoms with Gasteiger partial charge >= 0.3 is 0 Å². The Morgan fingerprint density at radius 1 is 1.10 bits per heavy atom. The largest absolute Gasteiger partial charge is 0.370 e. The zero-order valence-electron chi connectivity index (χ0n) is 12.1. The molecule has 21 heavy (non-hydrogen) atoms. The van der Waals surface area contributed by atoms with E-state index in [-0.39, 0.29) is 0 Å². The van der Waals surface area contributed by atoms with Gasteiger partial charge in [0.25, 0.3) is 0 Å². The third-order valence-corrected chi connectivity index (χ3v) is 3.20. The first-order chi connectivity index (χ1) is 10.3. The fourth-order valence-electron chi connectivity index (χ4n) is 2.18. The molecule has 3 rings (SSSR count). The molecule has 0 saturated heterocycles. The molecule has 0 fully saturated rings. The lowest BCUT2D eigenvalue weighted by Gasteiger charge is -2.09. The molecule has 0 radical (unpaired) electrons. The van der Waals surface area contributed by atoms with E-state index >= 15 is 0 Å². The first-order valence-electron chi connectivity index (χ1n) is 6.94. The number of rotatable bonds is 4. The van der Waals surface area contributed by atoms with Crippen molar-refractivity contribution in [3.63, 3.8) is 0 Å². The van der Waals surface area contributed by atoms with Crippen molar-refractivity contribution in [2.75, 3.05) is 11.9 Å². The number of benzene rings is 1. The molecule has 0 spiro atoms. The number of anilines is 1. The molecular formula is C16H17N5. The average molecular weight is 279 g/mol. The second-order valence-corrected chi connectivity index (χ2v) is 4.70. The molecule has 106 valence electrons. The third kappa shape index (κ3) is 2.76. The minimum absolute atomic E-state index is 0.673. The highest BCUT2D eigenvalue weighted by molar-refractivity contribution is 5.66. The Morgan fingerprint density at radius 3 is 2.57 bits per heavy atom. The Bertz CT molecular complexity index is 733. The number of aromatic nitrogens is 4. The van der Waals surface area contributed by atoms with Crippen LogP contribution in [0.4, 0.5) is 5.82 Å². The topological polar surface area (TPSA) is 55.6 Å². The molecular weight excluding hydrogens is 262 g/mol. The van der Waals surface area contributed by atoms with E-state index in [1.807, 2.05) is 56.4 Å². The van der Waals surface area contributed by atoms with Crippen LogP contribution in [0.25, 0.3) is 22.8 Å². The summed E-state index contributed by atoms with van der Waals surface area (Å²) < 4.78 is 1.78. The second kappa shape index (κ2) is 5.75. The SMILES string of the molecule is CCNc1cc(-c2ccccc2)nc(-c2ccnn2C)n1. The molecule has 2 heterocycles.